The molecule has 21 heavy (non-hydrogen) atoms. The van der Waals surface area contributed by atoms with Gasteiger partial charge in [0.25, 0.3) is 0 Å². The van der Waals surface area contributed by atoms with Gasteiger partial charge in [-0.05, 0) is 19.4 Å². The van der Waals surface area contributed by atoms with E-state index in [1.54, 1.807) is 6.92 Å². The topological polar surface area (TPSA) is 80.0 Å². The van der Waals surface area contributed by atoms with Crippen molar-refractivity contribution in [1.82, 2.24) is 20.8 Å². The lowest BCUT2D eigenvalue weighted by Gasteiger charge is -2.11. The molecule has 0 radical (unpaired) electrons. The summed E-state index contributed by atoms with van der Waals surface area (Å²) in [6.07, 6.45) is 0.635. The highest BCUT2D eigenvalue weighted by Gasteiger charge is 2.13. The number of nitrogens with one attached hydrogen (secondary N) is 2. The van der Waals surface area contributed by atoms with Crippen molar-refractivity contribution in [2.24, 2.45) is 0 Å². The molecule has 0 aliphatic carbocycles. The Morgan fingerprint density at radius 3 is 2.81 bits per heavy atom. The number of hydrogen-bond acceptors (Lipinski definition) is 5. The summed E-state index contributed by atoms with van der Waals surface area (Å²) in [5, 5.41) is 9.75. The molecule has 112 valence electrons. The van der Waals surface area contributed by atoms with Gasteiger partial charge in [0, 0.05) is 13.0 Å². The van der Waals surface area contributed by atoms with Gasteiger partial charge in [0.2, 0.25) is 11.8 Å². The lowest BCUT2D eigenvalue weighted by Crippen LogP contribution is -2.41. The average molecular weight is 288 g/mol. The minimum absolute atomic E-state index is 0.0403. The van der Waals surface area contributed by atoms with E-state index in [0.717, 1.165) is 5.56 Å². The van der Waals surface area contributed by atoms with Crippen LogP contribution in [0.25, 0.3) is 0 Å². The molecule has 1 atom stereocenters. The first kappa shape index (κ1) is 15.2. The van der Waals surface area contributed by atoms with E-state index in [0.29, 0.717) is 31.2 Å². The molecule has 0 bridgehead atoms. The van der Waals surface area contributed by atoms with Crippen molar-refractivity contribution in [2.45, 2.75) is 32.9 Å². The first-order valence-electron chi connectivity index (χ1n) is 7.05. The molecule has 0 aliphatic heterocycles. The van der Waals surface area contributed by atoms with E-state index in [4.69, 9.17) is 4.52 Å². The number of carbonyl (C=O) groups is 1. The number of amides is 1. The molecule has 6 nitrogen and oxygen atoms in total. The summed E-state index contributed by atoms with van der Waals surface area (Å²) < 4.78 is 5.17. The maximum absolute atomic E-state index is 11.6. The molecule has 0 fully saturated rings. The molecule has 2 N–H and O–H groups in total. The number of aromatic nitrogens is 2. The first-order chi connectivity index (χ1) is 10.2. The van der Waals surface area contributed by atoms with Crippen LogP contribution < -0.4 is 10.6 Å². The third-order valence-electron chi connectivity index (χ3n) is 3.02. The summed E-state index contributed by atoms with van der Waals surface area (Å²) in [5.41, 5.74) is 1.13. The maximum atomic E-state index is 11.6. The number of hydrogen-bond donors (Lipinski definition) is 2. The van der Waals surface area contributed by atoms with Crippen molar-refractivity contribution in [3.05, 3.63) is 47.6 Å². The van der Waals surface area contributed by atoms with Crippen molar-refractivity contribution >= 4 is 5.91 Å². The minimum Gasteiger partial charge on any atom is -0.355 e. The van der Waals surface area contributed by atoms with Crippen molar-refractivity contribution < 1.29 is 9.32 Å². The smallest absolute Gasteiger partial charge is 0.240 e. The number of likely N-dealkylation sites (N-methyl/N-ethyl adjacent to an activating group) is 1. The molecule has 2 aromatic rings. The van der Waals surface area contributed by atoms with Crippen LogP contribution in [0.15, 0.2) is 34.9 Å². The van der Waals surface area contributed by atoms with Gasteiger partial charge in [-0.1, -0.05) is 35.5 Å². The third-order valence-corrected chi connectivity index (χ3v) is 3.02. The summed E-state index contributed by atoms with van der Waals surface area (Å²) in [5.74, 6) is 1.09. The zero-order valence-electron chi connectivity index (χ0n) is 12.3. The standard InChI is InChI=1S/C15H20N4O2/c1-3-16-15(20)11(2)17-10-14-18-13(19-21-14)9-12-7-5-4-6-8-12/h4-8,11,17H,3,9-10H2,1-2H3,(H,16,20). The van der Waals surface area contributed by atoms with Crippen LogP contribution in [-0.2, 0) is 17.8 Å². The van der Waals surface area contributed by atoms with Crippen LogP contribution in [0.1, 0.15) is 31.1 Å². The fraction of sp³-hybridized carbons (Fsp3) is 0.400. The largest absolute Gasteiger partial charge is 0.355 e. The van der Waals surface area contributed by atoms with Crippen LogP contribution in [0, 0.1) is 0 Å². The van der Waals surface area contributed by atoms with E-state index in [2.05, 4.69) is 20.8 Å². The third kappa shape index (κ3) is 4.68. The highest BCUT2D eigenvalue weighted by Crippen LogP contribution is 2.06. The van der Waals surface area contributed by atoms with Crippen molar-refractivity contribution in [3.8, 4) is 0 Å². The van der Waals surface area contributed by atoms with Crippen molar-refractivity contribution in [2.75, 3.05) is 6.54 Å². The Balaban J connectivity index is 1.84. The van der Waals surface area contributed by atoms with Gasteiger partial charge in [-0.3, -0.25) is 10.1 Å². The second kappa shape index (κ2) is 7.54. The van der Waals surface area contributed by atoms with Crippen LogP contribution in [0.5, 0.6) is 0 Å². The molecule has 1 amide bonds. The molecule has 2 rings (SSSR count). The second-order valence-electron chi connectivity index (χ2n) is 4.76. The summed E-state index contributed by atoms with van der Waals surface area (Å²) in [6.45, 7) is 4.68. The van der Waals surface area contributed by atoms with E-state index < -0.39 is 0 Å². The van der Waals surface area contributed by atoms with Gasteiger partial charge >= 0.3 is 0 Å². The molecular formula is C15H20N4O2. The van der Waals surface area contributed by atoms with Crippen LogP contribution in [0.4, 0.5) is 0 Å². The molecule has 1 aromatic carbocycles. The van der Waals surface area contributed by atoms with Gasteiger partial charge in [-0.15, -0.1) is 0 Å². The summed E-state index contributed by atoms with van der Waals surface area (Å²) >= 11 is 0. The lowest BCUT2D eigenvalue weighted by atomic mass is 10.1. The van der Waals surface area contributed by atoms with E-state index in [9.17, 15) is 4.79 Å². The zero-order chi connectivity index (χ0) is 15.1. The van der Waals surface area contributed by atoms with Gasteiger partial charge in [0.15, 0.2) is 5.82 Å². The second-order valence-corrected chi connectivity index (χ2v) is 4.76. The molecule has 0 saturated carbocycles. The van der Waals surface area contributed by atoms with Crippen molar-refractivity contribution in [1.29, 1.82) is 0 Å². The summed E-state index contributed by atoms with van der Waals surface area (Å²) in [6, 6.07) is 9.67. The molecule has 1 unspecified atom stereocenters. The molecule has 0 spiro atoms. The van der Waals surface area contributed by atoms with Gasteiger partial charge in [-0.2, -0.15) is 4.98 Å². The lowest BCUT2D eigenvalue weighted by molar-refractivity contribution is -0.122. The van der Waals surface area contributed by atoms with E-state index in [1.165, 1.54) is 0 Å². The SMILES string of the molecule is CCNC(=O)C(C)NCc1nc(Cc2ccccc2)no1. The summed E-state index contributed by atoms with van der Waals surface area (Å²) in [7, 11) is 0. The van der Waals surface area contributed by atoms with Crippen LogP contribution in [-0.4, -0.2) is 28.6 Å². The number of carbonyl (C=O) groups excluding carboxylic acids is 1. The Hall–Kier alpha value is -2.21. The quantitative estimate of drug-likeness (QED) is 0.802. The van der Waals surface area contributed by atoms with E-state index >= 15 is 0 Å². The maximum Gasteiger partial charge on any atom is 0.240 e. The highest BCUT2D eigenvalue weighted by atomic mass is 16.5. The molecule has 0 saturated heterocycles. The Bertz CT molecular complexity index is 568. The Morgan fingerprint density at radius 1 is 1.33 bits per heavy atom. The van der Waals surface area contributed by atoms with Gasteiger partial charge < -0.3 is 9.84 Å². The molecule has 6 heteroatoms. The van der Waals surface area contributed by atoms with Gasteiger partial charge in [0.1, 0.15) is 0 Å². The predicted molar refractivity (Wildman–Crippen MR) is 78.5 cm³/mol. The van der Waals surface area contributed by atoms with Crippen LogP contribution >= 0.6 is 0 Å². The Morgan fingerprint density at radius 2 is 2.10 bits per heavy atom. The monoisotopic (exact) mass is 288 g/mol. The fourth-order valence-electron chi connectivity index (χ4n) is 1.87. The first-order valence-corrected chi connectivity index (χ1v) is 7.05. The van der Waals surface area contributed by atoms with Crippen LogP contribution in [0.3, 0.4) is 0 Å². The number of nitrogens with zero attached hydrogens (tertiary/aromatic N) is 2. The summed E-state index contributed by atoms with van der Waals surface area (Å²) in [4.78, 5) is 15.9. The molecule has 0 aliphatic rings. The Labute approximate surface area is 123 Å². The zero-order valence-corrected chi connectivity index (χ0v) is 12.3. The fourth-order valence-corrected chi connectivity index (χ4v) is 1.87. The number of benzene rings is 1. The van der Waals surface area contributed by atoms with E-state index in [-0.39, 0.29) is 11.9 Å². The van der Waals surface area contributed by atoms with Gasteiger partial charge in [0.05, 0.1) is 12.6 Å². The van der Waals surface area contributed by atoms with Crippen LogP contribution in [0.2, 0.25) is 0 Å². The normalized spacial score (nSPS) is 12.1. The molecular weight excluding hydrogens is 268 g/mol. The van der Waals surface area contributed by atoms with Gasteiger partial charge in [-0.25, -0.2) is 0 Å². The Kier molecular flexibility index (Phi) is 5.45. The predicted octanol–water partition coefficient (Wildman–Crippen LogP) is 1.27. The molecule has 1 heterocycles. The molecule has 1 aromatic heterocycles. The van der Waals surface area contributed by atoms with Crippen molar-refractivity contribution in [3.63, 3.8) is 0 Å². The highest BCUT2D eigenvalue weighted by molar-refractivity contribution is 5.81. The van der Waals surface area contributed by atoms with E-state index in [1.807, 2.05) is 37.3 Å². The average Bonchev–Trinajstić information content (AvgIpc) is 2.93. The number of rotatable bonds is 7. The minimum atomic E-state index is -0.297.